The molecule has 3 aromatic carbocycles. The molecule has 26 heavy (non-hydrogen) atoms. The molecule has 0 aliphatic carbocycles. The van der Waals surface area contributed by atoms with E-state index in [0.29, 0.717) is 16.6 Å². The first kappa shape index (κ1) is 15.8. The maximum absolute atomic E-state index is 12.8. The average molecular weight is 341 g/mol. The van der Waals surface area contributed by atoms with Gasteiger partial charge in [-0.2, -0.15) is 0 Å². The fraction of sp³-hybridized carbons (Fsp3) is 0. The molecule has 0 aliphatic heterocycles. The highest BCUT2D eigenvalue weighted by Crippen LogP contribution is 2.23. The Hall–Kier alpha value is -3.73. The van der Waals surface area contributed by atoms with E-state index >= 15 is 0 Å². The summed E-state index contributed by atoms with van der Waals surface area (Å²) in [5.74, 6) is -0.394. The summed E-state index contributed by atoms with van der Waals surface area (Å²) in [6.07, 6.45) is 0. The smallest absolute Gasteiger partial charge is 0.267 e. The van der Waals surface area contributed by atoms with Gasteiger partial charge in [-0.1, -0.05) is 66.7 Å². The third-order valence-corrected chi connectivity index (χ3v) is 4.10. The summed E-state index contributed by atoms with van der Waals surface area (Å²) in [6, 6.07) is 25.5. The van der Waals surface area contributed by atoms with Gasteiger partial charge in [0, 0.05) is 16.5 Å². The summed E-state index contributed by atoms with van der Waals surface area (Å²) in [7, 11) is 0. The molecule has 0 unspecified atom stereocenters. The second-order valence-electron chi connectivity index (χ2n) is 5.78. The quantitative estimate of drug-likeness (QED) is 0.621. The van der Waals surface area contributed by atoms with E-state index in [0.717, 1.165) is 15.7 Å². The minimum absolute atomic E-state index is 0.371. The van der Waals surface area contributed by atoms with Gasteiger partial charge in [-0.05, 0) is 18.2 Å². The molecule has 0 fully saturated rings. The minimum atomic E-state index is -0.394. The number of carbonyl (C=O) groups is 1. The monoisotopic (exact) mass is 341 g/mol. The number of carbonyl (C=O) groups excluding carboxylic acids is 1. The second-order valence-corrected chi connectivity index (χ2v) is 5.78. The van der Waals surface area contributed by atoms with Crippen LogP contribution in [0.2, 0.25) is 0 Å². The zero-order chi connectivity index (χ0) is 17.9. The van der Waals surface area contributed by atoms with E-state index in [1.807, 2.05) is 48.5 Å². The molecule has 0 spiro atoms. The van der Waals surface area contributed by atoms with Crippen molar-refractivity contribution in [2.24, 2.45) is 0 Å². The van der Waals surface area contributed by atoms with Gasteiger partial charge in [0.25, 0.3) is 11.5 Å². The minimum Gasteiger partial charge on any atom is -0.267 e. The lowest BCUT2D eigenvalue weighted by Gasteiger charge is -2.12. The molecule has 1 amide bonds. The molecule has 0 radical (unpaired) electrons. The van der Waals surface area contributed by atoms with Crippen LogP contribution in [0.4, 0.5) is 0 Å². The van der Waals surface area contributed by atoms with E-state index in [1.54, 1.807) is 36.4 Å². The van der Waals surface area contributed by atoms with Crippen LogP contribution >= 0.6 is 0 Å². The Morgan fingerprint density at radius 1 is 0.769 bits per heavy atom. The van der Waals surface area contributed by atoms with Crippen LogP contribution in [0.5, 0.6) is 0 Å². The number of amides is 1. The molecule has 0 aliphatic rings. The van der Waals surface area contributed by atoms with Crippen LogP contribution in [0.15, 0.2) is 89.7 Å². The highest BCUT2D eigenvalue weighted by Gasteiger charge is 2.14. The number of benzene rings is 3. The number of rotatable bonds is 3. The summed E-state index contributed by atoms with van der Waals surface area (Å²) in [5.41, 5.74) is 4.17. The largest absolute Gasteiger partial charge is 0.294 e. The first-order chi connectivity index (χ1) is 12.7. The lowest BCUT2D eigenvalue weighted by molar-refractivity contribution is 0.100. The molecule has 0 saturated heterocycles. The summed E-state index contributed by atoms with van der Waals surface area (Å²) in [6.45, 7) is 0. The van der Waals surface area contributed by atoms with Gasteiger partial charge in [0.1, 0.15) is 5.69 Å². The molecular formula is C21H15N3O2. The van der Waals surface area contributed by atoms with Crippen molar-refractivity contribution in [2.75, 3.05) is 5.43 Å². The van der Waals surface area contributed by atoms with Crippen LogP contribution in [0.25, 0.3) is 22.0 Å². The first-order valence-corrected chi connectivity index (χ1v) is 8.18. The molecule has 1 N–H and O–H groups in total. The Bertz CT molecular complexity index is 1140. The second kappa shape index (κ2) is 6.64. The number of hydrogen-bond acceptors (Lipinski definition) is 3. The van der Waals surface area contributed by atoms with Crippen molar-refractivity contribution in [3.63, 3.8) is 0 Å². The van der Waals surface area contributed by atoms with Crippen LogP contribution in [0.1, 0.15) is 10.4 Å². The van der Waals surface area contributed by atoms with Gasteiger partial charge in [0.05, 0.1) is 5.39 Å². The van der Waals surface area contributed by atoms with E-state index in [1.165, 1.54) is 0 Å². The Labute approximate surface area is 149 Å². The summed E-state index contributed by atoms with van der Waals surface area (Å²) < 4.78 is 0. The van der Waals surface area contributed by atoms with Crippen molar-refractivity contribution in [1.29, 1.82) is 0 Å². The Kier molecular flexibility index (Phi) is 4.03. The van der Waals surface area contributed by atoms with E-state index in [9.17, 15) is 9.59 Å². The molecular weight excluding hydrogens is 326 g/mol. The van der Waals surface area contributed by atoms with E-state index in [4.69, 9.17) is 0 Å². The third-order valence-electron chi connectivity index (χ3n) is 4.10. The molecule has 0 saturated carbocycles. The first-order valence-electron chi connectivity index (χ1n) is 8.18. The predicted octanol–water partition coefficient (Wildman–Crippen LogP) is 3.45. The molecule has 5 nitrogen and oxygen atoms in total. The highest BCUT2D eigenvalue weighted by atomic mass is 16.2. The van der Waals surface area contributed by atoms with Gasteiger partial charge in [-0.15, -0.1) is 9.89 Å². The van der Waals surface area contributed by atoms with Gasteiger partial charge in [0.15, 0.2) is 0 Å². The molecule has 4 aromatic rings. The fourth-order valence-electron chi connectivity index (χ4n) is 2.82. The lowest BCUT2D eigenvalue weighted by atomic mass is 10.1. The molecule has 1 heterocycles. The number of fused-ring (bicyclic) bond motifs is 1. The highest BCUT2D eigenvalue weighted by molar-refractivity contribution is 6.00. The van der Waals surface area contributed by atoms with Gasteiger partial charge in [-0.25, -0.2) is 5.43 Å². The van der Waals surface area contributed by atoms with Crippen molar-refractivity contribution in [3.05, 3.63) is 101 Å². The molecule has 5 heteroatoms. The summed E-state index contributed by atoms with van der Waals surface area (Å²) in [4.78, 5) is 26.2. The Morgan fingerprint density at radius 3 is 2.04 bits per heavy atom. The van der Waals surface area contributed by atoms with Crippen molar-refractivity contribution in [3.8, 4) is 11.3 Å². The average Bonchev–Trinajstić information content (AvgIpc) is 2.71. The predicted molar refractivity (Wildman–Crippen MR) is 102 cm³/mol. The van der Waals surface area contributed by atoms with Crippen LogP contribution < -0.4 is 11.0 Å². The maximum Gasteiger partial charge on any atom is 0.294 e. The van der Waals surface area contributed by atoms with Crippen LogP contribution in [-0.4, -0.2) is 15.8 Å². The number of aromatic nitrogens is 2. The van der Waals surface area contributed by atoms with Gasteiger partial charge < -0.3 is 0 Å². The van der Waals surface area contributed by atoms with Gasteiger partial charge in [-0.3, -0.25) is 9.59 Å². The number of hydrogen-bond donors (Lipinski definition) is 1. The van der Waals surface area contributed by atoms with Crippen LogP contribution in [0, 0.1) is 0 Å². The van der Waals surface area contributed by atoms with Crippen LogP contribution in [0.3, 0.4) is 0 Å². The topological polar surface area (TPSA) is 64.0 Å². The SMILES string of the molecule is O=C(Nn1nc(-c2ccccc2)c2ccccc2c1=O)c1ccccc1. The molecule has 126 valence electrons. The van der Waals surface area contributed by atoms with Crippen molar-refractivity contribution < 1.29 is 4.79 Å². The normalized spacial score (nSPS) is 10.6. The van der Waals surface area contributed by atoms with E-state index in [-0.39, 0.29) is 5.56 Å². The van der Waals surface area contributed by atoms with Crippen molar-refractivity contribution in [2.45, 2.75) is 0 Å². The number of nitrogens with zero attached hydrogens (tertiary/aromatic N) is 2. The standard InChI is InChI=1S/C21H15N3O2/c25-20(16-11-5-2-6-12-16)23-24-21(26)18-14-8-7-13-17(18)19(22-24)15-9-3-1-4-10-15/h1-14H,(H,23,25). The van der Waals surface area contributed by atoms with Gasteiger partial charge in [0.2, 0.25) is 0 Å². The number of nitrogens with one attached hydrogen (secondary N) is 1. The van der Waals surface area contributed by atoms with Crippen LogP contribution in [-0.2, 0) is 0 Å². The molecule has 4 rings (SSSR count). The van der Waals surface area contributed by atoms with Crippen molar-refractivity contribution in [1.82, 2.24) is 9.89 Å². The fourth-order valence-corrected chi connectivity index (χ4v) is 2.82. The third kappa shape index (κ3) is 2.86. The zero-order valence-electron chi connectivity index (χ0n) is 13.8. The van der Waals surface area contributed by atoms with Gasteiger partial charge >= 0.3 is 0 Å². The summed E-state index contributed by atoms with van der Waals surface area (Å²) in [5, 5.41) is 5.65. The lowest BCUT2D eigenvalue weighted by Crippen LogP contribution is -2.35. The zero-order valence-corrected chi connectivity index (χ0v) is 13.8. The molecule has 1 aromatic heterocycles. The van der Waals surface area contributed by atoms with E-state index < -0.39 is 5.91 Å². The Morgan fingerprint density at radius 2 is 1.35 bits per heavy atom. The maximum atomic E-state index is 12.8. The van der Waals surface area contributed by atoms with Crippen molar-refractivity contribution >= 4 is 16.7 Å². The Balaban J connectivity index is 1.87. The molecule has 0 bridgehead atoms. The molecule has 0 atom stereocenters. The summed E-state index contributed by atoms with van der Waals surface area (Å²) >= 11 is 0. The van der Waals surface area contributed by atoms with E-state index in [2.05, 4.69) is 10.5 Å².